The van der Waals surface area contributed by atoms with E-state index in [-0.39, 0.29) is 16.9 Å². The van der Waals surface area contributed by atoms with E-state index in [1.807, 2.05) is 14.0 Å². The summed E-state index contributed by atoms with van der Waals surface area (Å²) in [6, 6.07) is 4.74. The lowest BCUT2D eigenvalue weighted by molar-refractivity contribution is 0.0911. The molecule has 19 heavy (non-hydrogen) atoms. The van der Waals surface area contributed by atoms with Crippen LogP contribution in [0.15, 0.2) is 18.2 Å². The van der Waals surface area contributed by atoms with Crippen molar-refractivity contribution in [1.29, 1.82) is 0 Å². The van der Waals surface area contributed by atoms with Gasteiger partial charge in [-0.2, -0.15) is 0 Å². The molecule has 0 saturated heterocycles. The zero-order chi connectivity index (χ0) is 13.9. The van der Waals surface area contributed by atoms with Gasteiger partial charge in [-0.15, -0.1) is 0 Å². The van der Waals surface area contributed by atoms with Gasteiger partial charge in [-0.3, -0.25) is 4.79 Å². The second kappa shape index (κ2) is 5.83. The van der Waals surface area contributed by atoms with Gasteiger partial charge in [0.2, 0.25) is 0 Å². The highest BCUT2D eigenvalue weighted by Gasteiger charge is 2.33. The summed E-state index contributed by atoms with van der Waals surface area (Å²) >= 11 is 0. The highest BCUT2D eigenvalue weighted by molar-refractivity contribution is 5.97. The van der Waals surface area contributed by atoms with Crippen LogP contribution in [0.25, 0.3) is 0 Å². The van der Waals surface area contributed by atoms with Gasteiger partial charge in [0, 0.05) is 12.0 Å². The summed E-state index contributed by atoms with van der Waals surface area (Å²) in [5.41, 5.74) is 1.03. The molecule has 104 valence electrons. The first-order valence-corrected chi connectivity index (χ1v) is 7.05. The first-order valence-electron chi connectivity index (χ1n) is 7.05. The van der Waals surface area contributed by atoms with Crippen molar-refractivity contribution in [2.24, 2.45) is 0 Å². The molecule has 1 fully saturated rings. The number of nitrogens with one attached hydrogen (secondary N) is 1. The molecule has 3 heteroatoms. The molecule has 0 aliphatic heterocycles. The van der Waals surface area contributed by atoms with Crippen molar-refractivity contribution in [3.8, 4) is 0 Å². The number of carbonyl (C=O) groups excluding carboxylic acids is 1. The number of aryl methyl sites for hydroxylation is 1. The van der Waals surface area contributed by atoms with Gasteiger partial charge in [0.1, 0.15) is 5.82 Å². The first kappa shape index (κ1) is 14.2. The van der Waals surface area contributed by atoms with E-state index in [1.165, 1.54) is 12.5 Å². The number of hydrogen-bond donors (Lipinski definition) is 1. The maximum atomic E-state index is 13.8. The van der Waals surface area contributed by atoms with Gasteiger partial charge >= 0.3 is 0 Å². The van der Waals surface area contributed by atoms with E-state index in [0.29, 0.717) is 6.42 Å². The van der Waals surface area contributed by atoms with Crippen molar-refractivity contribution in [3.05, 3.63) is 35.1 Å². The standard InChI is InChI=1S/C16H22FNO/c1-12-6-7-14(17)13(10-12)15(19)11-16(18-2)8-4-3-5-9-16/h6-7,10,18H,3-5,8-9,11H2,1-2H3. The van der Waals surface area contributed by atoms with Crippen molar-refractivity contribution in [1.82, 2.24) is 5.32 Å². The molecule has 1 aromatic rings. The second-order valence-corrected chi connectivity index (χ2v) is 5.67. The highest BCUT2D eigenvalue weighted by atomic mass is 19.1. The van der Waals surface area contributed by atoms with E-state index < -0.39 is 5.82 Å². The quantitative estimate of drug-likeness (QED) is 0.840. The lowest BCUT2D eigenvalue weighted by Crippen LogP contribution is -2.46. The Labute approximate surface area is 114 Å². The molecule has 0 radical (unpaired) electrons. The lowest BCUT2D eigenvalue weighted by atomic mass is 9.77. The highest BCUT2D eigenvalue weighted by Crippen LogP contribution is 2.32. The second-order valence-electron chi connectivity index (χ2n) is 5.67. The molecule has 2 rings (SSSR count). The SMILES string of the molecule is CNC1(CC(=O)c2cc(C)ccc2F)CCCCC1. The van der Waals surface area contributed by atoms with E-state index in [0.717, 1.165) is 31.2 Å². The van der Waals surface area contributed by atoms with E-state index in [4.69, 9.17) is 0 Å². The Hall–Kier alpha value is -1.22. The minimum absolute atomic E-state index is 0.0857. The Morgan fingerprint density at radius 3 is 2.63 bits per heavy atom. The normalized spacial score (nSPS) is 18.3. The van der Waals surface area contributed by atoms with Crippen LogP contribution in [0.3, 0.4) is 0 Å². The zero-order valence-electron chi connectivity index (χ0n) is 11.8. The van der Waals surface area contributed by atoms with Gasteiger partial charge < -0.3 is 5.32 Å². The van der Waals surface area contributed by atoms with Crippen molar-refractivity contribution in [2.75, 3.05) is 7.05 Å². The topological polar surface area (TPSA) is 29.1 Å². The first-order chi connectivity index (χ1) is 9.06. The summed E-state index contributed by atoms with van der Waals surface area (Å²) < 4.78 is 13.8. The zero-order valence-corrected chi connectivity index (χ0v) is 11.8. The Balaban J connectivity index is 2.17. The van der Waals surface area contributed by atoms with Crippen LogP contribution in [0.2, 0.25) is 0 Å². The molecule has 0 amide bonds. The van der Waals surface area contributed by atoms with Crippen LogP contribution < -0.4 is 5.32 Å². The van der Waals surface area contributed by atoms with E-state index >= 15 is 0 Å². The molecule has 0 atom stereocenters. The molecule has 0 unspecified atom stereocenters. The van der Waals surface area contributed by atoms with Crippen LogP contribution in [0.4, 0.5) is 4.39 Å². The molecule has 1 aromatic carbocycles. The number of rotatable bonds is 4. The third-order valence-corrected chi connectivity index (χ3v) is 4.26. The van der Waals surface area contributed by atoms with E-state index in [1.54, 1.807) is 12.1 Å². The summed E-state index contributed by atoms with van der Waals surface area (Å²) in [5.74, 6) is -0.491. The van der Waals surface area contributed by atoms with Gasteiger partial charge in [0.15, 0.2) is 5.78 Å². The molecule has 0 bridgehead atoms. The van der Waals surface area contributed by atoms with Gasteiger partial charge in [0.05, 0.1) is 5.56 Å². The maximum absolute atomic E-state index is 13.8. The summed E-state index contributed by atoms with van der Waals surface area (Å²) in [5, 5.41) is 3.31. The number of halogens is 1. The van der Waals surface area contributed by atoms with Crippen LogP contribution in [0.1, 0.15) is 54.4 Å². The predicted molar refractivity (Wildman–Crippen MR) is 75.0 cm³/mol. The van der Waals surface area contributed by atoms with Crippen LogP contribution in [0, 0.1) is 12.7 Å². The third kappa shape index (κ3) is 3.21. The average molecular weight is 263 g/mol. The van der Waals surface area contributed by atoms with E-state index in [2.05, 4.69) is 5.32 Å². The summed E-state index contributed by atoms with van der Waals surface area (Å²) in [6.07, 6.45) is 5.92. The summed E-state index contributed by atoms with van der Waals surface area (Å²) in [6.45, 7) is 1.88. The number of Topliss-reactive ketones (excluding diaryl/α,β-unsaturated/α-hetero) is 1. The number of carbonyl (C=O) groups is 1. The molecular weight excluding hydrogens is 241 g/mol. The molecule has 0 spiro atoms. The fourth-order valence-corrected chi connectivity index (χ4v) is 3.00. The molecule has 1 N–H and O–H groups in total. The maximum Gasteiger partial charge on any atom is 0.167 e. The molecule has 1 aliphatic carbocycles. The van der Waals surface area contributed by atoms with Gasteiger partial charge in [-0.1, -0.05) is 30.9 Å². The largest absolute Gasteiger partial charge is 0.314 e. The van der Waals surface area contributed by atoms with Gasteiger partial charge in [0.25, 0.3) is 0 Å². The van der Waals surface area contributed by atoms with E-state index in [9.17, 15) is 9.18 Å². The van der Waals surface area contributed by atoms with Crippen molar-refractivity contribution in [2.45, 2.75) is 51.0 Å². The molecular formula is C16H22FNO. The minimum Gasteiger partial charge on any atom is -0.314 e. The Morgan fingerprint density at radius 2 is 2.00 bits per heavy atom. The monoisotopic (exact) mass is 263 g/mol. The fraction of sp³-hybridized carbons (Fsp3) is 0.562. The molecule has 0 aromatic heterocycles. The fourth-order valence-electron chi connectivity index (χ4n) is 3.00. The minimum atomic E-state index is -0.405. The smallest absolute Gasteiger partial charge is 0.167 e. The molecule has 2 nitrogen and oxygen atoms in total. The number of hydrogen-bond acceptors (Lipinski definition) is 2. The Bertz CT molecular complexity index is 464. The lowest BCUT2D eigenvalue weighted by Gasteiger charge is -2.36. The van der Waals surface area contributed by atoms with Crippen LogP contribution in [-0.2, 0) is 0 Å². The van der Waals surface area contributed by atoms with Gasteiger partial charge in [-0.05, 0) is 38.9 Å². The Kier molecular flexibility index (Phi) is 4.35. The number of benzene rings is 1. The van der Waals surface area contributed by atoms with Crippen molar-refractivity contribution < 1.29 is 9.18 Å². The van der Waals surface area contributed by atoms with Crippen LogP contribution in [0.5, 0.6) is 0 Å². The molecule has 0 heterocycles. The van der Waals surface area contributed by atoms with Crippen LogP contribution >= 0.6 is 0 Å². The summed E-state index contributed by atoms with van der Waals surface area (Å²) in [7, 11) is 1.91. The average Bonchev–Trinajstić information content (AvgIpc) is 2.42. The molecule has 1 saturated carbocycles. The summed E-state index contributed by atoms with van der Waals surface area (Å²) in [4.78, 5) is 12.4. The van der Waals surface area contributed by atoms with Crippen molar-refractivity contribution >= 4 is 5.78 Å². The predicted octanol–water partition coefficient (Wildman–Crippen LogP) is 3.63. The van der Waals surface area contributed by atoms with Gasteiger partial charge in [-0.25, -0.2) is 4.39 Å². The number of ketones is 1. The third-order valence-electron chi connectivity index (χ3n) is 4.26. The van der Waals surface area contributed by atoms with Crippen molar-refractivity contribution in [3.63, 3.8) is 0 Å². The van der Waals surface area contributed by atoms with Crippen LogP contribution in [-0.4, -0.2) is 18.4 Å². The Morgan fingerprint density at radius 1 is 1.32 bits per heavy atom. The molecule has 1 aliphatic rings.